The van der Waals surface area contributed by atoms with Crippen molar-refractivity contribution in [3.05, 3.63) is 35.4 Å². The van der Waals surface area contributed by atoms with Gasteiger partial charge in [0.2, 0.25) is 0 Å². The third kappa shape index (κ3) is 2.06. The van der Waals surface area contributed by atoms with E-state index in [0.717, 1.165) is 6.42 Å². The van der Waals surface area contributed by atoms with Crippen LogP contribution in [0, 0.1) is 5.92 Å². The highest BCUT2D eigenvalue weighted by Crippen LogP contribution is 2.32. The van der Waals surface area contributed by atoms with Gasteiger partial charge >= 0.3 is 0 Å². The Morgan fingerprint density at radius 2 is 1.74 bits per heavy atom. The van der Waals surface area contributed by atoms with Crippen LogP contribution in [0.2, 0.25) is 0 Å². The van der Waals surface area contributed by atoms with Crippen LogP contribution >= 0.6 is 0 Å². The van der Waals surface area contributed by atoms with E-state index < -0.39 is 0 Å². The summed E-state index contributed by atoms with van der Waals surface area (Å²) in [4.78, 5) is 26.2. The largest absolute Gasteiger partial charge is 0.371 e. The number of carbonyl (C=O) groups excluding carboxylic acids is 2. The first-order valence-electron chi connectivity index (χ1n) is 6.68. The van der Waals surface area contributed by atoms with Gasteiger partial charge in [-0.1, -0.05) is 26.0 Å². The summed E-state index contributed by atoms with van der Waals surface area (Å²) in [6, 6.07) is 6.88. The maximum absolute atomic E-state index is 12.4. The number of benzene rings is 1. The van der Waals surface area contributed by atoms with E-state index in [1.807, 2.05) is 0 Å². The van der Waals surface area contributed by atoms with Crippen molar-refractivity contribution in [2.45, 2.75) is 32.4 Å². The minimum atomic E-state index is -0.179. The minimum absolute atomic E-state index is 0.0182. The molecule has 0 unspecified atom stereocenters. The summed E-state index contributed by atoms with van der Waals surface area (Å²) in [5, 5.41) is 0. The Kier molecular flexibility index (Phi) is 2.90. The minimum Gasteiger partial charge on any atom is -0.371 e. The molecule has 2 atom stereocenters. The molecule has 1 fully saturated rings. The van der Waals surface area contributed by atoms with E-state index in [4.69, 9.17) is 4.74 Å². The molecule has 0 saturated carbocycles. The molecule has 0 N–H and O–H groups in total. The van der Waals surface area contributed by atoms with Crippen molar-refractivity contribution < 1.29 is 14.3 Å². The van der Waals surface area contributed by atoms with E-state index in [1.165, 1.54) is 4.90 Å². The second kappa shape index (κ2) is 4.46. The number of imide groups is 1. The van der Waals surface area contributed by atoms with Gasteiger partial charge in [0.25, 0.3) is 11.8 Å². The molecule has 0 spiro atoms. The lowest BCUT2D eigenvalue weighted by atomic mass is 10.00. The Bertz CT molecular complexity index is 499. The zero-order valence-corrected chi connectivity index (χ0v) is 11.1. The first kappa shape index (κ1) is 12.4. The van der Waals surface area contributed by atoms with Gasteiger partial charge in [-0.2, -0.15) is 0 Å². The summed E-state index contributed by atoms with van der Waals surface area (Å²) in [6.07, 6.45) is 0.806. The van der Waals surface area contributed by atoms with E-state index in [0.29, 0.717) is 23.7 Å². The zero-order valence-electron chi connectivity index (χ0n) is 11.1. The lowest BCUT2D eigenvalue weighted by Crippen LogP contribution is -2.44. The summed E-state index contributed by atoms with van der Waals surface area (Å²) < 4.78 is 5.33. The summed E-state index contributed by atoms with van der Waals surface area (Å²) in [6.45, 7) is 4.83. The van der Waals surface area contributed by atoms with Gasteiger partial charge in [-0.15, -0.1) is 0 Å². The van der Waals surface area contributed by atoms with Gasteiger partial charge in [0, 0.05) is 0 Å². The number of rotatable bonds is 4. The monoisotopic (exact) mass is 259 g/mol. The van der Waals surface area contributed by atoms with Crippen LogP contribution < -0.4 is 0 Å². The molecular formula is C15H17NO3. The Labute approximate surface area is 112 Å². The lowest BCUT2D eigenvalue weighted by molar-refractivity contribution is 0.0534. The molecule has 1 aromatic carbocycles. The predicted molar refractivity (Wildman–Crippen MR) is 69.9 cm³/mol. The molecule has 0 aliphatic carbocycles. The Balaban J connectivity index is 1.93. The van der Waals surface area contributed by atoms with Crippen LogP contribution in [0.5, 0.6) is 0 Å². The van der Waals surface area contributed by atoms with Crippen molar-refractivity contribution in [3.63, 3.8) is 0 Å². The van der Waals surface area contributed by atoms with Gasteiger partial charge in [-0.05, 0) is 24.5 Å². The molecular weight excluding hydrogens is 242 g/mol. The topological polar surface area (TPSA) is 49.9 Å². The van der Waals surface area contributed by atoms with Crippen molar-refractivity contribution in [2.24, 2.45) is 5.92 Å². The third-order valence-corrected chi connectivity index (χ3v) is 3.66. The normalized spacial score (nSPS) is 22.9. The fraction of sp³-hybridized carbons (Fsp3) is 0.467. The van der Waals surface area contributed by atoms with Crippen molar-refractivity contribution in [3.8, 4) is 0 Å². The molecule has 4 heteroatoms. The molecule has 0 aromatic heterocycles. The molecule has 0 radical (unpaired) electrons. The van der Waals surface area contributed by atoms with E-state index in [2.05, 4.69) is 13.8 Å². The summed E-state index contributed by atoms with van der Waals surface area (Å²) in [7, 11) is 0. The fourth-order valence-electron chi connectivity index (χ4n) is 2.69. The first-order valence-corrected chi connectivity index (χ1v) is 6.68. The molecule has 3 rings (SSSR count). The maximum Gasteiger partial charge on any atom is 0.261 e. The maximum atomic E-state index is 12.4. The molecule has 19 heavy (non-hydrogen) atoms. The SMILES string of the molecule is CC(C)C[C@@H]([C@@H]1CO1)N1C(=O)c2ccccc2C1=O. The Morgan fingerprint density at radius 3 is 2.16 bits per heavy atom. The average molecular weight is 259 g/mol. The summed E-state index contributed by atoms with van der Waals surface area (Å²) >= 11 is 0. The van der Waals surface area contributed by atoms with E-state index in [-0.39, 0.29) is 24.0 Å². The van der Waals surface area contributed by atoms with E-state index >= 15 is 0 Å². The van der Waals surface area contributed by atoms with Crippen LogP contribution in [0.1, 0.15) is 41.0 Å². The molecule has 100 valence electrons. The van der Waals surface area contributed by atoms with Crippen LogP contribution in [0.15, 0.2) is 24.3 Å². The Hall–Kier alpha value is -1.68. The highest BCUT2D eigenvalue weighted by molar-refractivity contribution is 6.21. The van der Waals surface area contributed by atoms with Crippen molar-refractivity contribution in [1.82, 2.24) is 4.90 Å². The highest BCUT2D eigenvalue weighted by atomic mass is 16.6. The second-order valence-corrected chi connectivity index (χ2v) is 5.59. The van der Waals surface area contributed by atoms with Gasteiger partial charge in [-0.25, -0.2) is 0 Å². The fourth-order valence-corrected chi connectivity index (χ4v) is 2.69. The molecule has 2 heterocycles. The predicted octanol–water partition coefficient (Wildman–Crippen LogP) is 2.10. The van der Waals surface area contributed by atoms with Crippen molar-refractivity contribution in [1.29, 1.82) is 0 Å². The van der Waals surface area contributed by atoms with E-state index in [1.54, 1.807) is 24.3 Å². The van der Waals surface area contributed by atoms with Gasteiger partial charge in [0.1, 0.15) is 6.10 Å². The van der Waals surface area contributed by atoms with Crippen LogP contribution in [0.25, 0.3) is 0 Å². The molecule has 4 nitrogen and oxygen atoms in total. The summed E-state index contributed by atoms with van der Waals surface area (Å²) in [5.41, 5.74) is 1.03. The standard InChI is InChI=1S/C15H17NO3/c1-9(2)7-12(13-8-19-13)16-14(17)10-5-3-4-6-11(10)15(16)18/h3-6,9,12-13H,7-8H2,1-2H3/t12-,13-/m0/s1. The van der Waals surface area contributed by atoms with Crippen LogP contribution in [-0.4, -0.2) is 35.5 Å². The number of amides is 2. The third-order valence-electron chi connectivity index (χ3n) is 3.66. The number of ether oxygens (including phenoxy) is 1. The summed E-state index contributed by atoms with van der Waals surface area (Å²) in [5.74, 6) is 0.0574. The number of nitrogens with zero attached hydrogens (tertiary/aromatic N) is 1. The van der Waals surface area contributed by atoms with E-state index in [9.17, 15) is 9.59 Å². The van der Waals surface area contributed by atoms with Gasteiger partial charge in [0.15, 0.2) is 0 Å². The quantitative estimate of drug-likeness (QED) is 0.614. The number of hydrogen-bond donors (Lipinski definition) is 0. The average Bonchev–Trinajstić information content (AvgIpc) is 3.18. The van der Waals surface area contributed by atoms with Gasteiger partial charge in [0.05, 0.1) is 23.8 Å². The first-order chi connectivity index (χ1) is 9.09. The number of carbonyl (C=O) groups is 2. The van der Waals surface area contributed by atoms with Crippen LogP contribution in [-0.2, 0) is 4.74 Å². The molecule has 1 saturated heterocycles. The number of hydrogen-bond acceptors (Lipinski definition) is 3. The van der Waals surface area contributed by atoms with Gasteiger partial charge < -0.3 is 4.74 Å². The molecule has 2 aliphatic rings. The molecule has 0 bridgehead atoms. The number of epoxide rings is 1. The zero-order chi connectivity index (χ0) is 13.6. The van der Waals surface area contributed by atoms with Crippen molar-refractivity contribution in [2.75, 3.05) is 6.61 Å². The van der Waals surface area contributed by atoms with Gasteiger partial charge in [-0.3, -0.25) is 14.5 Å². The van der Waals surface area contributed by atoms with Crippen molar-refractivity contribution >= 4 is 11.8 Å². The second-order valence-electron chi connectivity index (χ2n) is 5.59. The molecule has 1 aromatic rings. The molecule has 2 aliphatic heterocycles. The van der Waals surface area contributed by atoms with Crippen LogP contribution in [0.3, 0.4) is 0 Å². The number of fused-ring (bicyclic) bond motifs is 1. The molecule has 2 amide bonds. The lowest BCUT2D eigenvalue weighted by Gasteiger charge is -2.26. The Morgan fingerprint density at radius 1 is 1.21 bits per heavy atom. The van der Waals surface area contributed by atoms with Crippen LogP contribution in [0.4, 0.5) is 0 Å². The highest BCUT2D eigenvalue weighted by Gasteiger charge is 2.46. The smallest absolute Gasteiger partial charge is 0.261 e.